The first kappa shape index (κ1) is 11.4. The molecule has 0 aliphatic heterocycles. The maximum atomic E-state index is 11.2. The minimum absolute atomic E-state index is 0.0475. The van der Waals surface area contributed by atoms with Crippen LogP contribution in [0.5, 0.6) is 0 Å². The van der Waals surface area contributed by atoms with Gasteiger partial charge in [-0.2, -0.15) is 0 Å². The summed E-state index contributed by atoms with van der Waals surface area (Å²) >= 11 is 0. The second kappa shape index (κ2) is 4.41. The Kier molecular flexibility index (Phi) is 2.95. The van der Waals surface area contributed by atoms with E-state index in [1.54, 1.807) is 0 Å². The first-order valence-corrected chi connectivity index (χ1v) is 5.38. The molecule has 88 valence electrons. The molecular weight excluding hydrogens is 216 g/mol. The van der Waals surface area contributed by atoms with E-state index in [0.717, 1.165) is 16.8 Å². The van der Waals surface area contributed by atoms with Crippen molar-refractivity contribution in [1.82, 2.24) is 5.16 Å². The van der Waals surface area contributed by atoms with Crippen LogP contribution >= 0.6 is 0 Å². The van der Waals surface area contributed by atoms with Crippen LogP contribution in [0.1, 0.15) is 18.4 Å². The second-order valence-electron chi connectivity index (χ2n) is 4.07. The van der Waals surface area contributed by atoms with Crippen molar-refractivity contribution in [3.63, 3.8) is 0 Å². The zero-order valence-corrected chi connectivity index (χ0v) is 9.86. The predicted molar refractivity (Wildman–Crippen MR) is 65.5 cm³/mol. The van der Waals surface area contributed by atoms with E-state index in [0.29, 0.717) is 11.4 Å². The summed E-state index contributed by atoms with van der Waals surface area (Å²) in [6.45, 7) is 3.38. The average molecular weight is 230 g/mol. The lowest BCUT2D eigenvalue weighted by atomic mass is 10.0. The molecule has 0 saturated heterocycles. The van der Waals surface area contributed by atoms with E-state index in [2.05, 4.69) is 5.16 Å². The summed E-state index contributed by atoms with van der Waals surface area (Å²) in [4.78, 5) is 11.2. The molecule has 4 heteroatoms. The number of carbonyl (C=O) groups excluding carboxylic acids is 1. The van der Waals surface area contributed by atoms with Crippen molar-refractivity contribution >= 4 is 11.5 Å². The van der Waals surface area contributed by atoms with E-state index in [9.17, 15) is 4.79 Å². The summed E-state index contributed by atoms with van der Waals surface area (Å²) < 4.78 is 5.19. The van der Waals surface area contributed by atoms with E-state index in [1.807, 2.05) is 31.2 Å². The lowest BCUT2D eigenvalue weighted by molar-refractivity contribution is -0.116. The van der Waals surface area contributed by atoms with Gasteiger partial charge in [0, 0.05) is 11.3 Å². The molecule has 0 amide bonds. The lowest BCUT2D eigenvalue weighted by Crippen LogP contribution is -1.97. The molecule has 0 spiro atoms. The molecule has 0 aliphatic rings. The molecule has 2 N–H and O–H groups in total. The van der Waals surface area contributed by atoms with Crippen molar-refractivity contribution < 1.29 is 9.32 Å². The number of hydrogen-bond acceptors (Lipinski definition) is 4. The number of ketones is 1. The van der Waals surface area contributed by atoms with Crippen LogP contribution in [0, 0.1) is 6.92 Å². The van der Waals surface area contributed by atoms with Crippen LogP contribution in [0.4, 0.5) is 5.69 Å². The van der Waals surface area contributed by atoms with Crippen molar-refractivity contribution in [2.24, 2.45) is 0 Å². The van der Waals surface area contributed by atoms with Gasteiger partial charge >= 0.3 is 0 Å². The Morgan fingerprint density at radius 1 is 1.47 bits per heavy atom. The molecule has 0 unspecified atom stereocenters. The highest BCUT2D eigenvalue weighted by atomic mass is 16.5. The third-order valence-corrected chi connectivity index (χ3v) is 2.52. The van der Waals surface area contributed by atoms with Gasteiger partial charge in [-0.25, -0.2) is 0 Å². The second-order valence-corrected chi connectivity index (χ2v) is 4.07. The van der Waals surface area contributed by atoms with Gasteiger partial charge in [0.25, 0.3) is 0 Å². The molecule has 0 fully saturated rings. The largest absolute Gasteiger partial charge is 0.399 e. The van der Waals surface area contributed by atoms with Crippen molar-refractivity contribution in [3.8, 4) is 11.1 Å². The summed E-state index contributed by atoms with van der Waals surface area (Å²) in [5, 5.41) is 3.91. The van der Waals surface area contributed by atoms with Gasteiger partial charge in [0.05, 0.1) is 12.1 Å². The number of benzene rings is 1. The van der Waals surface area contributed by atoms with E-state index >= 15 is 0 Å². The van der Waals surface area contributed by atoms with Crippen LogP contribution in [0.25, 0.3) is 11.1 Å². The fraction of sp³-hybridized carbons (Fsp3) is 0.231. The van der Waals surface area contributed by atoms with Crippen LogP contribution in [0.15, 0.2) is 28.8 Å². The van der Waals surface area contributed by atoms with Gasteiger partial charge in [-0.1, -0.05) is 17.3 Å². The van der Waals surface area contributed by atoms with E-state index in [1.165, 1.54) is 6.92 Å². The third-order valence-electron chi connectivity index (χ3n) is 2.52. The van der Waals surface area contributed by atoms with Gasteiger partial charge in [-0.15, -0.1) is 0 Å². The number of aryl methyl sites for hydroxylation is 1. The van der Waals surface area contributed by atoms with Crippen LogP contribution in [-0.2, 0) is 11.2 Å². The van der Waals surface area contributed by atoms with Crippen LogP contribution in [0.2, 0.25) is 0 Å². The number of nitrogen functional groups attached to an aromatic ring is 1. The van der Waals surface area contributed by atoms with Gasteiger partial charge in [-0.3, -0.25) is 4.79 Å². The Labute approximate surface area is 99.4 Å². The molecule has 1 heterocycles. The zero-order valence-electron chi connectivity index (χ0n) is 9.86. The summed E-state index contributed by atoms with van der Waals surface area (Å²) in [5.74, 6) is 0.645. The maximum Gasteiger partial charge on any atom is 0.152 e. The monoisotopic (exact) mass is 230 g/mol. The number of nitrogens with zero attached hydrogens (tertiary/aromatic N) is 1. The number of nitrogens with two attached hydrogens (primary N) is 1. The number of rotatable bonds is 3. The molecule has 0 bridgehead atoms. The molecule has 2 aromatic rings. The Morgan fingerprint density at radius 2 is 2.24 bits per heavy atom. The maximum absolute atomic E-state index is 11.2. The average Bonchev–Trinajstić information content (AvgIpc) is 2.59. The summed E-state index contributed by atoms with van der Waals surface area (Å²) in [6, 6.07) is 7.47. The Hall–Kier alpha value is -2.10. The van der Waals surface area contributed by atoms with Gasteiger partial charge in [0.1, 0.15) is 5.78 Å². The molecular formula is C13H14N2O2. The highest BCUT2D eigenvalue weighted by Crippen LogP contribution is 2.28. The number of Topliss-reactive ketones (excluding diaryl/α,β-unsaturated/α-hetero) is 1. The van der Waals surface area contributed by atoms with Gasteiger partial charge < -0.3 is 10.3 Å². The molecule has 17 heavy (non-hydrogen) atoms. The first-order valence-electron chi connectivity index (χ1n) is 5.38. The first-order chi connectivity index (χ1) is 8.08. The molecule has 2 rings (SSSR count). The molecule has 0 radical (unpaired) electrons. The van der Waals surface area contributed by atoms with Gasteiger partial charge in [-0.05, 0) is 31.5 Å². The lowest BCUT2D eigenvalue weighted by Gasteiger charge is -2.02. The van der Waals surface area contributed by atoms with Crippen LogP contribution < -0.4 is 5.73 Å². The van der Waals surface area contributed by atoms with E-state index < -0.39 is 0 Å². The quantitative estimate of drug-likeness (QED) is 0.822. The minimum Gasteiger partial charge on any atom is -0.399 e. The molecule has 1 aromatic heterocycles. The highest BCUT2D eigenvalue weighted by Gasteiger charge is 2.16. The summed E-state index contributed by atoms with van der Waals surface area (Å²) in [5.41, 5.74) is 8.99. The number of carbonyl (C=O) groups is 1. The molecule has 1 aromatic carbocycles. The van der Waals surface area contributed by atoms with E-state index in [4.69, 9.17) is 10.3 Å². The minimum atomic E-state index is 0.0475. The van der Waals surface area contributed by atoms with Crippen LogP contribution in [-0.4, -0.2) is 10.9 Å². The fourth-order valence-electron chi connectivity index (χ4n) is 1.83. The SMILES string of the molecule is CC(=O)Cc1onc(C)c1-c1cccc(N)c1. The third kappa shape index (κ3) is 2.36. The smallest absolute Gasteiger partial charge is 0.152 e. The topological polar surface area (TPSA) is 69.1 Å². The van der Waals surface area contributed by atoms with Crippen molar-refractivity contribution in [1.29, 1.82) is 0 Å². The van der Waals surface area contributed by atoms with Gasteiger partial charge in [0.2, 0.25) is 0 Å². The highest BCUT2D eigenvalue weighted by molar-refractivity contribution is 5.81. The summed E-state index contributed by atoms with van der Waals surface area (Å²) in [7, 11) is 0. The molecule has 0 atom stereocenters. The Morgan fingerprint density at radius 3 is 2.88 bits per heavy atom. The summed E-state index contributed by atoms with van der Waals surface area (Å²) in [6.07, 6.45) is 0.255. The van der Waals surface area contributed by atoms with Crippen molar-refractivity contribution in [2.45, 2.75) is 20.3 Å². The van der Waals surface area contributed by atoms with Gasteiger partial charge in [0.15, 0.2) is 5.76 Å². The number of aromatic nitrogens is 1. The Balaban J connectivity index is 2.50. The molecule has 0 saturated carbocycles. The molecule has 4 nitrogen and oxygen atoms in total. The normalized spacial score (nSPS) is 10.5. The number of anilines is 1. The standard InChI is InChI=1S/C13H14N2O2/c1-8(16)6-12-13(9(2)15-17-12)10-4-3-5-11(14)7-10/h3-5,7H,6,14H2,1-2H3. The molecule has 0 aliphatic carbocycles. The van der Waals surface area contributed by atoms with Crippen LogP contribution in [0.3, 0.4) is 0 Å². The fourth-order valence-corrected chi connectivity index (χ4v) is 1.83. The predicted octanol–water partition coefficient (Wildman–Crippen LogP) is 2.36. The van der Waals surface area contributed by atoms with Crippen molar-refractivity contribution in [3.05, 3.63) is 35.7 Å². The zero-order chi connectivity index (χ0) is 12.4. The number of hydrogen-bond donors (Lipinski definition) is 1. The van der Waals surface area contributed by atoms with Crippen molar-refractivity contribution in [2.75, 3.05) is 5.73 Å². The Bertz CT molecular complexity index is 558. The van der Waals surface area contributed by atoms with E-state index in [-0.39, 0.29) is 12.2 Å².